The number of nitrogens with zero attached hydrogens (tertiary/aromatic N) is 2. The minimum absolute atomic E-state index is 0.186. The van der Waals surface area contributed by atoms with Crippen LogP contribution in [0.4, 0.5) is 0 Å². The van der Waals surface area contributed by atoms with Crippen LogP contribution in [-0.4, -0.2) is 43.7 Å². The van der Waals surface area contributed by atoms with E-state index in [-0.39, 0.29) is 23.9 Å². The Morgan fingerprint density at radius 2 is 1.54 bits per heavy atom. The summed E-state index contributed by atoms with van der Waals surface area (Å²) >= 11 is 0. The molecule has 0 saturated carbocycles. The molecule has 0 aromatic heterocycles. The van der Waals surface area contributed by atoms with Crippen LogP contribution in [0, 0.1) is 0 Å². The van der Waals surface area contributed by atoms with Crippen molar-refractivity contribution in [3.05, 3.63) is 78.4 Å². The summed E-state index contributed by atoms with van der Waals surface area (Å²) in [5, 5.41) is 1.83. The molecule has 0 N–H and O–H groups in total. The Bertz CT molecular complexity index is 1070. The van der Waals surface area contributed by atoms with Crippen molar-refractivity contribution in [1.29, 1.82) is 0 Å². The summed E-state index contributed by atoms with van der Waals surface area (Å²) < 4.78 is 27.4. The molecule has 3 rings (SSSR count). The highest BCUT2D eigenvalue weighted by Crippen LogP contribution is 2.22. The number of carbonyl (C=O) groups is 1. The minimum Gasteiger partial charge on any atom is -0.340 e. The molecule has 6 heteroatoms. The van der Waals surface area contributed by atoms with E-state index in [9.17, 15) is 13.2 Å². The van der Waals surface area contributed by atoms with Crippen LogP contribution in [-0.2, 0) is 21.4 Å². The van der Waals surface area contributed by atoms with E-state index in [2.05, 4.69) is 0 Å². The van der Waals surface area contributed by atoms with E-state index in [1.165, 1.54) is 4.31 Å². The molecule has 0 radical (unpaired) electrons. The van der Waals surface area contributed by atoms with Crippen molar-refractivity contribution in [2.75, 3.05) is 20.1 Å². The van der Waals surface area contributed by atoms with Gasteiger partial charge in [-0.2, -0.15) is 4.31 Å². The number of hydrogen-bond donors (Lipinski definition) is 0. The number of sulfonamides is 1. The zero-order chi connectivity index (χ0) is 20.1. The monoisotopic (exact) mass is 396 g/mol. The zero-order valence-electron chi connectivity index (χ0n) is 16.1. The normalized spacial score (nSPS) is 11.7. The predicted molar refractivity (Wildman–Crippen MR) is 111 cm³/mol. The summed E-state index contributed by atoms with van der Waals surface area (Å²) in [6.07, 6.45) is 0. The van der Waals surface area contributed by atoms with Crippen molar-refractivity contribution >= 4 is 26.7 Å². The maximum absolute atomic E-state index is 13.1. The third kappa shape index (κ3) is 4.40. The molecule has 0 bridgehead atoms. The summed E-state index contributed by atoms with van der Waals surface area (Å²) in [4.78, 5) is 14.4. The highest BCUT2D eigenvalue weighted by molar-refractivity contribution is 7.89. The Labute approximate surface area is 166 Å². The summed E-state index contributed by atoms with van der Waals surface area (Å²) in [5.74, 6) is -0.241. The van der Waals surface area contributed by atoms with Crippen molar-refractivity contribution in [2.24, 2.45) is 0 Å². The average Bonchev–Trinajstić information content (AvgIpc) is 2.71. The molecule has 0 aliphatic carbocycles. The van der Waals surface area contributed by atoms with Crippen molar-refractivity contribution in [1.82, 2.24) is 9.21 Å². The second-order valence-corrected chi connectivity index (χ2v) is 8.61. The molecule has 0 aliphatic heterocycles. The molecule has 146 valence electrons. The second-order valence-electron chi connectivity index (χ2n) is 6.68. The quantitative estimate of drug-likeness (QED) is 0.614. The molecule has 0 atom stereocenters. The van der Waals surface area contributed by atoms with Crippen molar-refractivity contribution < 1.29 is 13.2 Å². The Morgan fingerprint density at radius 3 is 2.21 bits per heavy atom. The number of benzene rings is 3. The molecule has 0 fully saturated rings. The molecule has 28 heavy (non-hydrogen) atoms. The molecule has 0 spiro atoms. The van der Waals surface area contributed by atoms with Gasteiger partial charge < -0.3 is 4.90 Å². The van der Waals surface area contributed by atoms with Crippen LogP contribution in [0.25, 0.3) is 10.8 Å². The molecule has 5 nitrogen and oxygen atoms in total. The fourth-order valence-corrected chi connectivity index (χ4v) is 4.50. The SMILES string of the molecule is CCN(CC(=O)N(C)Cc1ccccc1)S(=O)(=O)c1ccc2ccccc2c1. The van der Waals surface area contributed by atoms with Gasteiger partial charge in [0, 0.05) is 20.1 Å². The lowest BCUT2D eigenvalue weighted by molar-refractivity contribution is -0.130. The average molecular weight is 397 g/mol. The molecule has 0 aliphatic rings. The number of hydrogen-bond acceptors (Lipinski definition) is 3. The lowest BCUT2D eigenvalue weighted by atomic mass is 10.1. The van der Waals surface area contributed by atoms with Gasteiger partial charge in [0.2, 0.25) is 15.9 Å². The van der Waals surface area contributed by atoms with Crippen LogP contribution in [0.3, 0.4) is 0 Å². The fraction of sp³-hybridized carbons (Fsp3) is 0.227. The van der Waals surface area contributed by atoms with E-state index in [0.29, 0.717) is 6.54 Å². The second kappa shape index (κ2) is 8.54. The molecule has 3 aromatic carbocycles. The first-order valence-electron chi connectivity index (χ1n) is 9.18. The lowest BCUT2D eigenvalue weighted by Crippen LogP contribution is -2.41. The van der Waals surface area contributed by atoms with E-state index in [4.69, 9.17) is 0 Å². The van der Waals surface area contributed by atoms with Crippen LogP contribution in [0.2, 0.25) is 0 Å². The van der Waals surface area contributed by atoms with Crippen molar-refractivity contribution in [3.8, 4) is 0 Å². The van der Waals surface area contributed by atoms with Gasteiger partial charge in [-0.3, -0.25) is 4.79 Å². The van der Waals surface area contributed by atoms with Gasteiger partial charge in [0.05, 0.1) is 11.4 Å². The molecular weight excluding hydrogens is 372 g/mol. The highest BCUT2D eigenvalue weighted by Gasteiger charge is 2.26. The Kier molecular flexibility index (Phi) is 6.11. The molecular formula is C22H24N2O3S. The zero-order valence-corrected chi connectivity index (χ0v) is 16.9. The molecule has 0 saturated heterocycles. The van der Waals surface area contributed by atoms with E-state index < -0.39 is 10.0 Å². The van der Waals surface area contributed by atoms with E-state index in [0.717, 1.165) is 16.3 Å². The third-order valence-electron chi connectivity index (χ3n) is 4.71. The maximum atomic E-state index is 13.1. The Balaban J connectivity index is 1.77. The number of fused-ring (bicyclic) bond motifs is 1. The maximum Gasteiger partial charge on any atom is 0.243 e. The number of rotatable bonds is 7. The first-order valence-corrected chi connectivity index (χ1v) is 10.6. The van der Waals surface area contributed by atoms with E-state index >= 15 is 0 Å². The van der Waals surface area contributed by atoms with Gasteiger partial charge in [-0.25, -0.2) is 8.42 Å². The summed E-state index contributed by atoms with van der Waals surface area (Å²) in [6, 6.07) is 22.3. The van der Waals surface area contributed by atoms with Gasteiger partial charge in [-0.05, 0) is 28.5 Å². The van der Waals surface area contributed by atoms with Crippen LogP contribution >= 0.6 is 0 Å². The van der Waals surface area contributed by atoms with Gasteiger partial charge in [0.1, 0.15) is 0 Å². The minimum atomic E-state index is -3.76. The fourth-order valence-electron chi connectivity index (χ4n) is 3.06. The molecule has 0 heterocycles. The first kappa shape index (κ1) is 20.0. The Hall–Kier alpha value is -2.70. The number of likely N-dealkylation sites (N-methyl/N-ethyl adjacent to an activating group) is 2. The smallest absolute Gasteiger partial charge is 0.243 e. The van der Waals surface area contributed by atoms with Crippen molar-refractivity contribution in [2.45, 2.75) is 18.4 Å². The van der Waals surface area contributed by atoms with Gasteiger partial charge >= 0.3 is 0 Å². The largest absolute Gasteiger partial charge is 0.340 e. The Morgan fingerprint density at radius 1 is 0.893 bits per heavy atom. The van der Waals surface area contributed by atoms with Crippen molar-refractivity contribution in [3.63, 3.8) is 0 Å². The molecule has 3 aromatic rings. The number of carbonyl (C=O) groups excluding carboxylic acids is 1. The van der Waals surface area contributed by atoms with Gasteiger partial charge in [-0.1, -0.05) is 67.6 Å². The third-order valence-corrected chi connectivity index (χ3v) is 6.63. The highest BCUT2D eigenvalue weighted by atomic mass is 32.2. The topological polar surface area (TPSA) is 57.7 Å². The molecule has 0 unspecified atom stereocenters. The van der Waals surface area contributed by atoms with Crippen LogP contribution < -0.4 is 0 Å². The number of amides is 1. The summed E-state index contributed by atoms with van der Waals surface area (Å²) in [7, 11) is -2.07. The van der Waals surface area contributed by atoms with Gasteiger partial charge in [0.15, 0.2) is 0 Å². The van der Waals surface area contributed by atoms with Crippen LogP contribution in [0.5, 0.6) is 0 Å². The summed E-state index contributed by atoms with van der Waals surface area (Å²) in [5.41, 5.74) is 0.999. The van der Waals surface area contributed by atoms with Gasteiger partial charge in [0.25, 0.3) is 0 Å². The van der Waals surface area contributed by atoms with E-state index in [1.807, 2.05) is 54.6 Å². The standard InChI is InChI=1S/C22H24N2O3S/c1-3-24(17-22(25)23(2)16-18-9-5-4-6-10-18)28(26,27)21-14-13-19-11-7-8-12-20(19)15-21/h4-15H,3,16-17H2,1-2H3. The van der Waals surface area contributed by atoms with Crippen LogP contribution in [0.1, 0.15) is 12.5 Å². The lowest BCUT2D eigenvalue weighted by Gasteiger charge is -2.24. The summed E-state index contributed by atoms with van der Waals surface area (Å²) in [6.45, 7) is 2.21. The van der Waals surface area contributed by atoms with Crippen LogP contribution in [0.15, 0.2) is 77.7 Å². The first-order chi connectivity index (χ1) is 13.4. The van der Waals surface area contributed by atoms with E-state index in [1.54, 1.807) is 37.1 Å². The van der Waals surface area contributed by atoms with Gasteiger partial charge in [-0.15, -0.1) is 0 Å². The predicted octanol–water partition coefficient (Wildman–Crippen LogP) is 3.51. The molecule has 1 amide bonds.